The maximum atomic E-state index is 13.3. The molecule has 1 heterocycles. The number of hydrogen-bond acceptors (Lipinski definition) is 2. The highest BCUT2D eigenvalue weighted by Gasteiger charge is 2.06. The van der Waals surface area contributed by atoms with Crippen molar-refractivity contribution in [2.45, 2.75) is 20.0 Å². The molecule has 0 aliphatic heterocycles. The number of carbonyl (C=O) groups excluding carboxylic acids is 1. The van der Waals surface area contributed by atoms with Crippen molar-refractivity contribution in [2.75, 3.05) is 12.4 Å². The van der Waals surface area contributed by atoms with Gasteiger partial charge in [-0.05, 0) is 49.0 Å². The van der Waals surface area contributed by atoms with Crippen LogP contribution in [0, 0.1) is 5.82 Å². The minimum atomic E-state index is -0.222. The second kappa shape index (κ2) is 6.84. The normalized spacial score (nSPS) is 11.2. The van der Waals surface area contributed by atoms with E-state index in [9.17, 15) is 9.18 Å². The van der Waals surface area contributed by atoms with Crippen LogP contribution in [0.1, 0.15) is 18.2 Å². The molecule has 3 aromatic rings. The summed E-state index contributed by atoms with van der Waals surface area (Å²) < 4.78 is 13.3. The standard InChI is InChI=1S/C19H20FN3O/c1-13(24)21-17-6-3-14(4-7-17)11-23(2)12-18-10-15-9-16(20)5-8-19(15)22-18/h3-10,22H,11-12H2,1-2H3,(H,21,24). The molecule has 0 unspecified atom stereocenters. The summed E-state index contributed by atoms with van der Waals surface area (Å²) in [6.45, 7) is 3.02. The highest BCUT2D eigenvalue weighted by Crippen LogP contribution is 2.18. The fraction of sp³-hybridized carbons (Fsp3) is 0.211. The molecule has 124 valence electrons. The molecule has 0 saturated carbocycles. The Bertz CT molecular complexity index is 855. The van der Waals surface area contributed by atoms with Gasteiger partial charge >= 0.3 is 0 Å². The van der Waals surface area contributed by atoms with Gasteiger partial charge in [0.25, 0.3) is 0 Å². The summed E-state index contributed by atoms with van der Waals surface area (Å²) in [5.41, 5.74) is 3.95. The topological polar surface area (TPSA) is 48.1 Å². The highest BCUT2D eigenvalue weighted by atomic mass is 19.1. The molecule has 0 saturated heterocycles. The van der Waals surface area contributed by atoms with Gasteiger partial charge in [-0.15, -0.1) is 0 Å². The second-order valence-corrected chi connectivity index (χ2v) is 6.08. The number of nitrogens with one attached hydrogen (secondary N) is 2. The van der Waals surface area contributed by atoms with Gasteiger partial charge in [-0.1, -0.05) is 12.1 Å². The Morgan fingerprint density at radius 3 is 2.58 bits per heavy atom. The maximum absolute atomic E-state index is 13.3. The fourth-order valence-electron chi connectivity index (χ4n) is 2.80. The zero-order chi connectivity index (χ0) is 17.1. The van der Waals surface area contributed by atoms with Crippen molar-refractivity contribution in [1.29, 1.82) is 0 Å². The highest BCUT2D eigenvalue weighted by molar-refractivity contribution is 5.88. The van der Waals surface area contributed by atoms with E-state index in [4.69, 9.17) is 0 Å². The summed E-state index contributed by atoms with van der Waals surface area (Å²) in [5.74, 6) is -0.296. The Morgan fingerprint density at radius 2 is 1.88 bits per heavy atom. The first-order chi connectivity index (χ1) is 11.5. The van der Waals surface area contributed by atoms with Crippen molar-refractivity contribution in [3.63, 3.8) is 0 Å². The van der Waals surface area contributed by atoms with Crippen LogP contribution in [0.15, 0.2) is 48.5 Å². The molecule has 4 nitrogen and oxygen atoms in total. The molecule has 0 radical (unpaired) electrons. The van der Waals surface area contributed by atoms with E-state index >= 15 is 0 Å². The Balaban J connectivity index is 1.63. The number of benzene rings is 2. The van der Waals surface area contributed by atoms with Gasteiger partial charge in [0.15, 0.2) is 0 Å². The molecule has 1 aromatic heterocycles. The number of hydrogen-bond donors (Lipinski definition) is 2. The number of halogens is 1. The first-order valence-corrected chi connectivity index (χ1v) is 7.82. The number of amides is 1. The smallest absolute Gasteiger partial charge is 0.221 e. The lowest BCUT2D eigenvalue weighted by Gasteiger charge is -2.16. The van der Waals surface area contributed by atoms with E-state index in [2.05, 4.69) is 15.2 Å². The summed E-state index contributed by atoms with van der Waals surface area (Å²) in [5, 5.41) is 3.64. The molecule has 1 amide bonds. The van der Waals surface area contributed by atoms with Crippen LogP contribution in [0.4, 0.5) is 10.1 Å². The van der Waals surface area contributed by atoms with Gasteiger partial charge in [-0.3, -0.25) is 9.69 Å². The quantitative estimate of drug-likeness (QED) is 0.747. The molecule has 24 heavy (non-hydrogen) atoms. The van der Waals surface area contributed by atoms with Crippen molar-refractivity contribution in [2.24, 2.45) is 0 Å². The van der Waals surface area contributed by atoms with E-state index in [0.29, 0.717) is 0 Å². The van der Waals surface area contributed by atoms with Crippen LogP contribution < -0.4 is 5.32 Å². The zero-order valence-electron chi connectivity index (χ0n) is 13.8. The number of aromatic amines is 1. The SMILES string of the molecule is CC(=O)Nc1ccc(CN(C)Cc2cc3cc(F)ccc3[nH]2)cc1. The van der Waals surface area contributed by atoms with Crippen LogP contribution in [0.5, 0.6) is 0 Å². The molecule has 2 aromatic carbocycles. The van der Waals surface area contributed by atoms with Gasteiger partial charge in [0, 0.05) is 42.3 Å². The monoisotopic (exact) mass is 325 g/mol. The lowest BCUT2D eigenvalue weighted by molar-refractivity contribution is -0.114. The summed E-state index contributed by atoms with van der Waals surface area (Å²) in [6, 6.07) is 14.5. The lowest BCUT2D eigenvalue weighted by atomic mass is 10.2. The van der Waals surface area contributed by atoms with E-state index in [1.807, 2.05) is 37.4 Å². The summed E-state index contributed by atoms with van der Waals surface area (Å²) >= 11 is 0. The van der Waals surface area contributed by atoms with E-state index in [-0.39, 0.29) is 11.7 Å². The summed E-state index contributed by atoms with van der Waals surface area (Å²) in [4.78, 5) is 16.5. The number of fused-ring (bicyclic) bond motifs is 1. The van der Waals surface area contributed by atoms with Crippen LogP contribution in [-0.2, 0) is 17.9 Å². The third-order valence-corrected chi connectivity index (χ3v) is 3.81. The third-order valence-electron chi connectivity index (χ3n) is 3.81. The molecule has 0 spiro atoms. The van der Waals surface area contributed by atoms with Gasteiger partial charge in [0.2, 0.25) is 5.91 Å². The van der Waals surface area contributed by atoms with Crippen LogP contribution in [0.25, 0.3) is 10.9 Å². The number of nitrogens with zero attached hydrogens (tertiary/aromatic N) is 1. The molecule has 3 rings (SSSR count). The van der Waals surface area contributed by atoms with Crippen LogP contribution in [-0.4, -0.2) is 22.8 Å². The van der Waals surface area contributed by atoms with Crippen LogP contribution >= 0.6 is 0 Å². The van der Waals surface area contributed by atoms with Gasteiger partial charge in [0.05, 0.1) is 0 Å². The second-order valence-electron chi connectivity index (χ2n) is 6.08. The molecule has 0 aliphatic carbocycles. The molecular weight excluding hydrogens is 305 g/mol. The molecule has 0 fully saturated rings. The van der Waals surface area contributed by atoms with Crippen LogP contribution in [0.3, 0.4) is 0 Å². The molecule has 0 aliphatic rings. The van der Waals surface area contributed by atoms with Gasteiger partial charge in [-0.25, -0.2) is 4.39 Å². The number of H-pyrrole nitrogens is 1. The summed E-state index contributed by atoms with van der Waals surface area (Å²) in [7, 11) is 2.04. The fourth-order valence-corrected chi connectivity index (χ4v) is 2.80. The average Bonchev–Trinajstić information content (AvgIpc) is 2.89. The minimum Gasteiger partial charge on any atom is -0.357 e. The van der Waals surface area contributed by atoms with Crippen molar-refractivity contribution < 1.29 is 9.18 Å². The predicted octanol–water partition coefficient (Wildman–Crippen LogP) is 3.90. The first kappa shape index (κ1) is 16.2. The lowest BCUT2D eigenvalue weighted by Crippen LogP contribution is -2.17. The summed E-state index contributed by atoms with van der Waals surface area (Å²) in [6.07, 6.45) is 0. The molecular formula is C19H20FN3O. The molecule has 0 bridgehead atoms. The van der Waals surface area contributed by atoms with E-state index < -0.39 is 0 Å². The maximum Gasteiger partial charge on any atom is 0.221 e. The molecule has 5 heteroatoms. The van der Waals surface area contributed by atoms with E-state index in [1.165, 1.54) is 19.1 Å². The number of aromatic nitrogens is 1. The Hall–Kier alpha value is -2.66. The third kappa shape index (κ3) is 4.00. The Labute approximate surface area is 140 Å². The predicted molar refractivity (Wildman–Crippen MR) is 94.2 cm³/mol. The average molecular weight is 325 g/mol. The van der Waals surface area contributed by atoms with E-state index in [1.54, 1.807) is 6.07 Å². The first-order valence-electron chi connectivity index (χ1n) is 7.82. The van der Waals surface area contributed by atoms with Crippen molar-refractivity contribution in [3.8, 4) is 0 Å². The van der Waals surface area contributed by atoms with Crippen molar-refractivity contribution >= 4 is 22.5 Å². The zero-order valence-corrected chi connectivity index (χ0v) is 13.8. The van der Waals surface area contributed by atoms with Gasteiger partial charge < -0.3 is 10.3 Å². The number of rotatable bonds is 5. The molecule has 0 atom stereocenters. The Morgan fingerprint density at radius 1 is 1.12 bits per heavy atom. The van der Waals surface area contributed by atoms with Crippen LogP contribution in [0.2, 0.25) is 0 Å². The molecule has 2 N–H and O–H groups in total. The van der Waals surface area contributed by atoms with E-state index in [0.717, 1.165) is 40.9 Å². The Kier molecular flexibility index (Phi) is 4.62. The van der Waals surface area contributed by atoms with Gasteiger partial charge in [-0.2, -0.15) is 0 Å². The van der Waals surface area contributed by atoms with Crippen molar-refractivity contribution in [1.82, 2.24) is 9.88 Å². The minimum absolute atomic E-state index is 0.0740. The van der Waals surface area contributed by atoms with Gasteiger partial charge in [0.1, 0.15) is 5.82 Å². The number of anilines is 1. The number of carbonyl (C=O) groups is 1. The van der Waals surface area contributed by atoms with Crippen molar-refractivity contribution in [3.05, 3.63) is 65.6 Å². The largest absolute Gasteiger partial charge is 0.357 e.